The van der Waals surface area contributed by atoms with Gasteiger partial charge in [-0.1, -0.05) is 18.7 Å². The fourth-order valence-electron chi connectivity index (χ4n) is 1.50. The van der Waals surface area contributed by atoms with Gasteiger partial charge < -0.3 is 0 Å². The molecule has 0 fully saturated rings. The van der Waals surface area contributed by atoms with Crippen molar-refractivity contribution in [3.05, 3.63) is 24.3 Å². The lowest BCUT2D eigenvalue weighted by Crippen LogP contribution is -2.11. The molecule has 1 aliphatic rings. The van der Waals surface area contributed by atoms with Gasteiger partial charge in [0, 0.05) is 17.6 Å². The Morgan fingerprint density at radius 3 is 2.86 bits per heavy atom. The lowest BCUT2D eigenvalue weighted by molar-refractivity contribution is 0.686. The summed E-state index contributed by atoms with van der Waals surface area (Å²) in [6, 6.07) is 0.405. The smallest absolute Gasteiger partial charge is 0.118 e. The number of nitrogens with zero attached hydrogens (tertiary/aromatic N) is 3. The Hall–Kier alpha value is -0.900. The first-order chi connectivity index (χ1) is 6.81. The lowest BCUT2D eigenvalue weighted by Gasteiger charge is -2.08. The molecule has 4 heteroatoms. The van der Waals surface area contributed by atoms with E-state index in [0.717, 1.165) is 17.2 Å². The number of thioether (sulfide) groups is 1. The van der Waals surface area contributed by atoms with Gasteiger partial charge in [-0.2, -0.15) is 0 Å². The first-order valence-corrected chi connectivity index (χ1v) is 5.70. The van der Waals surface area contributed by atoms with Crippen LogP contribution in [0.4, 0.5) is 0 Å². The minimum absolute atomic E-state index is 0.405. The predicted molar refractivity (Wildman–Crippen MR) is 59.7 cm³/mol. The summed E-state index contributed by atoms with van der Waals surface area (Å²) in [6.07, 6.45) is 6.32. The van der Waals surface area contributed by atoms with E-state index in [0.29, 0.717) is 11.3 Å². The maximum atomic E-state index is 4.59. The molecule has 2 rings (SSSR count). The van der Waals surface area contributed by atoms with Crippen molar-refractivity contribution in [3.63, 3.8) is 0 Å². The van der Waals surface area contributed by atoms with Crippen molar-refractivity contribution in [3.8, 4) is 0 Å². The van der Waals surface area contributed by atoms with Crippen LogP contribution in [-0.2, 0) is 0 Å². The topological polar surface area (TPSA) is 38.1 Å². The van der Waals surface area contributed by atoms with E-state index in [2.05, 4.69) is 28.8 Å². The molecule has 2 heterocycles. The highest BCUT2D eigenvalue weighted by Gasteiger charge is 2.26. The summed E-state index contributed by atoms with van der Waals surface area (Å²) < 4.78 is 0. The van der Waals surface area contributed by atoms with Crippen LogP contribution in [0.2, 0.25) is 0 Å². The van der Waals surface area contributed by atoms with Crippen molar-refractivity contribution in [2.45, 2.75) is 31.6 Å². The first-order valence-electron chi connectivity index (χ1n) is 4.82. The highest BCUT2D eigenvalue weighted by atomic mass is 32.2. The molecule has 0 bridgehead atoms. The highest BCUT2D eigenvalue weighted by molar-refractivity contribution is 8.15. The summed E-state index contributed by atoms with van der Waals surface area (Å²) in [5, 5.41) is 1.64. The van der Waals surface area contributed by atoms with E-state index < -0.39 is 0 Å². The Morgan fingerprint density at radius 1 is 1.43 bits per heavy atom. The number of hydrogen-bond donors (Lipinski definition) is 0. The fourth-order valence-corrected chi connectivity index (χ4v) is 2.67. The van der Waals surface area contributed by atoms with Gasteiger partial charge >= 0.3 is 0 Å². The summed E-state index contributed by atoms with van der Waals surface area (Å²) in [4.78, 5) is 12.9. The van der Waals surface area contributed by atoms with Crippen LogP contribution in [0.1, 0.15) is 26.0 Å². The molecule has 74 valence electrons. The van der Waals surface area contributed by atoms with E-state index in [1.807, 2.05) is 11.8 Å². The Bertz CT molecular complexity index is 336. The van der Waals surface area contributed by atoms with Crippen molar-refractivity contribution in [2.75, 3.05) is 0 Å². The Labute approximate surface area is 88.1 Å². The summed E-state index contributed by atoms with van der Waals surface area (Å²) >= 11 is 1.82. The van der Waals surface area contributed by atoms with Crippen LogP contribution in [-0.4, -0.2) is 26.3 Å². The molecule has 0 radical (unpaired) electrons. The predicted octanol–water partition coefficient (Wildman–Crippen LogP) is 2.14. The molecule has 3 nitrogen and oxygen atoms in total. The van der Waals surface area contributed by atoms with E-state index in [-0.39, 0.29) is 0 Å². The average molecular weight is 207 g/mol. The van der Waals surface area contributed by atoms with E-state index in [4.69, 9.17) is 0 Å². The molecule has 0 saturated heterocycles. The van der Waals surface area contributed by atoms with Gasteiger partial charge in [0.1, 0.15) is 10.7 Å². The summed E-state index contributed by atoms with van der Waals surface area (Å²) in [7, 11) is 0. The third-order valence-corrected chi connectivity index (χ3v) is 3.87. The Morgan fingerprint density at radius 2 is 2.29 bits per heavy atom. The molecular formula is C10H13N3S. The molecule has 14 heavy (non-hydrogen) atoms. The van der Waals surface area contributed by atoms with E-state index >= 15 is 0 Å². The van der Waals surface area contributed by atoms with Gasteiger partial charge in [-0.15, -0.1) is 0 Å². The van der Waals surface area contributed by atoms with E-state index in [1.54, 1.807) is 18.6 Å². The molecule has 0 aromatic carbocycles. The van der Waals surface area contributed by atoms with Crippen LogP contribution in [0.5, 0.6) is 0 Å². The highest BCUT2D eigenvalue weighted by Crippen LogP contribution is 2.31. The third kappa shape index (κ3) is 1.80. The zero-order valence-corrected chi connectivity index (χ0v) is 9.16. The van der Waals surface area contributed by atoms with Gasteiger partial charge in [-0.25, -0.2) is 0 Å². The molecule has 0 spiro atoms. The van der Waals surface area contributed by atoms with Crippen LogP contribution in [0, 0.1) is 0 Å². The Kier molecular flexibility index (Phi) is 2.82. The van der Waals surface area contributed by atoms with Crippen molar-refractivity contribution >= 4 is 16.8 Å². The van der Waals surface area contributed by atoms with Gasteiger partial charge in [0.15, 0.2) is 0 Å². The second-order valence-corrected chi connectivity index (χ2v) is 4.56. The van der Waals surface area contributed by atoms with E-state index in [1.165, 1.54) is 0 Å². The van der Waals surface area contributed by atoms with Gasteiger partial charge in [-0.05, 0) is 13.3 Å². The molecule has 1 aromatic rings. The zero-order chi connectivity index (χ0) is 9.97. The van der Waals surface area contributed by atoms with Crippen molar-refractivity contribution in [1.82, 2.24) is 9.97 Å². The van der Waals surface area contributed by atoms with Gasteiger partial charge in [0.25, 0.3) is 0 Å². The monoisotopic (exact) mass is 207 g/mol. The maximum Gasteiger partial charge on any atom is 0.118 e. The minimum Gasteiger partial charge on any atom is -0.272 e. The molecule has 1 aromatic heterocycles. The number of aliphatic imine (C=N–C) groups is 1. The fraction of sp³-hybridized carbons (Fsp3) is 0.500. The standard InChI is InChI=1S/C10H13N3S/c1-3-9-7(2)13-10(14-9)8-6-11-4-5-12-8/h4-7,9H,3H2,1-2H3. The summed E-state index contributed by atoms with van der Waals surface area (Å²) in [6.45, 7) is 4.35. The van der Waals surface area contributed by atoms with Crippen LogP contribution >= 0.6 is 11.8 Å². The van der Waals surface area contributed by atoms with Crippen LogP contribution in [0.3, 0.4) is 0 Å². The largest absolute Gasteiger partial charge is 0.272 e. The van der Waals surface area contributed by atoms with Crippen LogP contribution in [0.25, 0.3) is 0 Å². The quantitative estimate of drug-likeness (QED) is 0.745. The molecule has 0 aliphatic carbocycles. The van der Waals surface area contributed by atoms with Gasteiger partial charge in [0.05, 0.1) is 12.2 Å². The van der Waals surface area contributed by atoms with Gasteiger partial charge in [-0.3, -0.25) is 15.0 Å². The SMILES string of the molecule is CCC1SC(c2cnccn2)=NC1C. The molecule has 0 N–H and O–H groups in total. The number of hydrogen-bond acceptors (Lipinski definition) is 4. The van der Waals surface area contributed by atoms with E-state index in [9.17, 15) is 0 Å². The molecular weight excluding hydrogens is 194 g/mol. The summed E-state index contributed by atoms with van der Waals surface area (Å²) in [5.74, 6) is 0. The number of aromatic nitrogens is 2. The van der Waals surface area contributed by atoms with Crippen LogP contribution < -0.4 is 0 Å². The molecule has 0 amide bonds. The molecule has 1 aliphatic heterocycles. The minimum atomic E-state index is 0.405. The van der Waals surface area contributed by atoms with Crippen LogP contribution in [0.15, 0.2) is 23.6 Å². The summed E-state index contributed by atoms with van der Waals surface area (Å²) in [5.41, 5.74) is 0.903. The Balaban J connectivity index is 2.19. The maximum absolute atomic E-state index is 4.59. The van der Waals surface area contributed by atoms with Crippen molar-refractivity contribution in [2.24, 2.45) is 4.99 Å². The van der Waals surface area contributed by atoms with Crippen molar-refractivity contribution in [1.29, 1.82) is 0 Å². The second kappa shape index (κ2) is 4.09. The molecule has 2 atom stereocenters. The zero-order valence-electron chi connectivity index (χ0n) is 8.34. The molecule has 0 saturated carbocycles. The van der Waals surface area contributed by atoms with Crippen molar-refractivity contribution < 1.29 is 0 Å². The normalized spacial score (nSPS) is 26.3. The average Bonchev–Trinajstić information content (AvgIpc) is 2.61. The van der Waals surface area contributed by atoms with Gasteiger partial charge in [0.2, 0.25) is 0 Å². The lowest BCUT2D eigenvalue weighted by atomic mass is 10.2. The third-order valence-electron chi connectivity index (χ3n) is 2.31. The second-order valence-electron chi connectivity index (χ2n) is 3.33. The number of rotatable bonds is 2. The molecule has 2 unspecified atom stereocenters. The first kappa shape index (κ1) is 9.65.